The quantitative estimate of drug-likeness (QED) is 0.372. The molecule has 136 valence electrons. The molecule has 0 fully saturated rings. The van der Waals surface area contributed by atoms with E-state index in [1.807, 2.05) is 41.8 Å². The fraction of sp³-hybridized carbons (Fsp3) is 0.0435. The van der Waals surface area contributed by atoms with Crippen LogP contribution in [0.2, 0.25) is 5.02 Å². The van der Waals surface area contributed by atoms with Crippen LogP contribution in [0.5, 0.6) is 0 Å². The Kier molecular flexibility index (Phi) is 4.23. The Hall–Kier alpha value is -2.95. The van der Waals surface area contributed by atoms with Gasteiger partial charge in [0.2, 0.25) is 0 Å². The topological polar surface area (TPSA) is 34.9 Å². The summed E-state index contributed by atoms with van der Waals surface area (Å²) < 4.78 is 1.63. The summed E-state index contributed by atoms with van der Waals surface area (Å²) in [7, 11) is 0. The normalized spacial score (nSPS) is 11.3. The lowest BCUT2D eigenvalue weighted by Crippen LogP contribution is -2.21. The van der Waals surface area contributed by atoms with Crippen molar-refractivity contribution in [2.45, 2.75) is 6.54 Å². The van der Waals surface area contributed by atoms with E-state index in [1.165, 1.54) is 16.7 Å². The summed E-state index contributed by atoms with van der Waals surface area (Å²) in [5.41, 5.74) is 2.81. The molecule has 2 aromatic heterocycles. The molecule has 28 heavy (non-hydrogen) atoms. The number of halogens is 1. The van der Waals surface area contributed by atoms with Gasteiger partial charge in [-0.2, -0.15) is 0 Å². The molecule has 0 spiro atoms. The van der Waals surface area contributed by atoms with E-state index in [9.17, 15) is 4.79 Å². The van der Waals surface area contributed by atoms with Gasteiger partial charge in [-0.1, -0.05) is 66.2 Å². The SMILES string of the molecule is O=c1c2c(-c3ccc4ccccc4c3)csc2ncn1Cc1ccccc1Cl. The largest absolute Gasteiger partial charge is 0.294 e. The highest BCUT2D eigenvalue weighted by atomic mass is 35.5. The molecule has 0 saturated heterocycles. The molecule has 0 aliphatic rings. The average Bonchev–Trinajstić information content (AvgIpc) is 3.16. The number of hydrogen-bond donors (Lipinski definition) is 0. The first-order valence-corrected chi connectivity index (χ1v) is 10.2. The summed E-state index contributed by atoms with van der Waals surface area (Å²) in [5, 5.41) is 5.66. The molecular formula is C23H15ClN2OS. The third-order valence-electron chi connectivity index (χ3n) is 4.92. The molecule has 0 radical (unpaired) electrons. The van der Waals surface area contributed by atoms with Crippen LogP contribution in [0.15, 0.2) is 83.2 Å². The summed E-state index contributed by atoms with van der Waals surface area (Å²) >= 11 is 7.77. The molecule has 0 atom stereocenters. The predicted octanol–water partition coefficient (Wildman–Crippen LogP) is 5.98. The molecule has 2 heterocycles. The minimum atomic E-state index is -0.0469. The zero-order chi connectivity index (χ0) is 19.1. The van der Waals surface area contributed by atoms with Crippen LogP contribution < -0.4 is 5.56 Å². The van der Waals surface area contributed by atoms with Crippen molar-refractivity contribution in [3.63, 3.8) is 0 Å². The molecule has 5 rings (SSSR count). The van der Waals surface area contributed by atoms with Crippen molar-refractivity contribution in [3.05, 3.63) is 99.4 Å². The van der Waals surface area contributed by atoms with E-state index in [-0.39, 0.29) is 5.56 Å². The highest BCUT2D eigenvalue weighted by Crippen LogP contribution is 2.32. The molecule has 0 aliphatic heterocycles. The van der Waals surface area contributed by atoms with Gasteiger partial charge in [-0.3, -0.25) is 9.36 Å². The zero-order valence-corrected chi connectivity index (χ0v) is 16.4. The van der Waals surface area contributed by atoms with Crippen LogP contribution in [0.4, 0.5) is 0 Å². The van der Waals surface area contributed by atoms with Crippen molar-refractivity contribution >= 4 is 43.9 Å². The minimum absolute atomic E-state index is 0.0469. The molecular weight excluding hydrogens is 388 g/mol. The van der Waals surface area contributed by atoms with Gasteiger partial charge < -0.3 is 0 Å². The number of nitrogens with zero attached hydrogens (tertiary/aromatic N) is 2. The van der Waals surface area contributed by atoms with Gasteiger partial charge in [0.25, 0.3) is 5.56 Å². The molecule has 0 aliphatic carbocycles. The van der Waals surface area contributed by atoms with Gasteiger partial charge in [0.1, 0.15) is 4.83 Å². The smallest absolute Gasteiger partial charge is 0.263 e. The van der Waals surface area contributed by atoms with E-state index in [1.54, 1.807) is 10.9 Å². The van der Waals surface area contributed by atoms with E-state index in [0.717, 1.165) is 26.9 Å². The van der Waals surface area contributed by atoms with Crippen molar-refractivity contribution in [2.75, 3.05) is 0 Å². The summed E-state index contributed by atoms with van der Waals surface area (Å²) in [6, 6.07) is 22.1. The Morgan fingerprint density at radius 2 is 1.75 bits per heavy atom. The molecule has 5 aromatic rings. The second-order valence-corrected chi connectivity index (χ2v) is 7.93. The lowest BCUT2D eigenvalue weighted by Gasteiger charge is -2.08. The average molecular weight is 403 g/mol. The molecule has 0 N–H and O–H groups in total. The third-order valence-corrected chi connectivity index (χ3v) is 6.17. The lowest BCUT2D eigenvalue weighted by atomic mass is 10.0. The van der Waals surface area contributed by atoms with Crippen LogP contribution in [0.25, 0.3) is 32.1 Å². The number of benzene rings is 3. The second kappa shape index (κ2) is 6.89. The first kappa shape index (κ1) is 17.2. The van der Waals surface area contributed by atoms with Crippen LogP contribution in [0, 0.1) is 0 Å². The fourth-order valence-electron chi connectivity index (χ4n) is 3.46. The number of rotatable bonds is 3. The highest BCUT2D eigenvalue weighted by molar-refractivity contribution is 7.17. The fourth-order valence-corrected chi connectivity index (χ4v) is 4.56. The van der Waals surface area contributed by atoms with Crippen molar-refractivity contribution in [1.29, 1.82) is 0 Å². The van der Waals surface area contributed by atoms with Gasteiger partial charge in [0.15, 0.2) is 0 Å². The Bertz CT molecular complexity index is 1390. The lowest BCUT2D eigenvalue weighted by molar-refractivity contribution is 0.750. The van der Waals surface area contributed by atoms with Gasteiger partial charge in [-0.25, -0.2) is 4.98 Å². The molecule has 0 amide bonds. The van der Waals surface area contributed by atoms with Crippen molar-refractivity contribution in [2.24, 2.45) is 0 Å². The minimum Gasteiger partial charge on any atom is -0.294 e. The zero-order valence-electron chi connectivity index (χ0n) is 14.8. The molecule has 0 saturated carbocycles. The van der Waals surface area contributed by atoms with Crippen molar-refractivity contribution < 1.29 is 0 Å². The molecule has 5 heteroatoms. The van der Waals surface area contributed by atoms with Crippen LogP contribution in [0.3, 0.4) is 0 Å². The van der Waals surface area contributed by atoms with Gasteiger partial charge >= 0.3 is 0 Å². The van der Waals surface area contributed by atoms with Crippen LogP contribution in [-0.4, -0.2) is 9.55 Å². The van der Waals surface area contributed by atoms with E-state index in [2.05, 4.69) is 35.3 Å². The first-order chi connectivity index (χ1) is 13.7. The Labute approximate surface area is 170 Å². The summed E-state index contributed by atoms with van der Waals surface area (Å²) in [4.78, 5) is 18.5. The van der Waals surface area contributed by atoms with Crippen LogP contribution in [-0.2, 0) is 6.54 Å². The molecule has 0 bridgehead atoms. The van der Waals surface area contributed by atoms with Gasteiger partial charge in [-0.05, 0) is 34.0 Å². The van der Waals surface area contributed by atoms with E-state index >= 15 is 0 Å². The Morgan fingerprint density at radius 3 is 2.61 bits per heavy atom. The van der Waals surface area contributed by atoms with Crippen LogP contribution >= 0.6 is 22.9 Å². The maximum Gasteiger partial charge on any atom is 0.263 e. The first-order valence-electron chi connectivity index (χ1n) is 8.90. The maximum absolute atomic E-state index is 13.2. The number of thiophene rings is 1. The van der Waals surface area contributed by atoms with Gasteiger partial charge in [-0.15, -0.1) is 11.3 Å². The predicted molar refractivity (Wildman–Crippen MR) is 117 cm³/mol. The van der Waals surface area contributed by atoms with Crippen molar-refractivity contribution in [1.82, 2.24) is 9.55 Å². The van der Waals surface area contributed by atoms with E-state index in [4.69, 9.17) is 11.6 Å². The Morgan fingerprint density at radius 1 is 0.964 bits per heavy atom. The second-order valence-electron chi connectivity index (χ2n) is 6.66. The maximum atomic E-state index is 13.2. The highest BCUT2D eigenvalue weighted by Gasteiger charge is 2.14. The molecule has 3 nitrogen and oxygen atoms in total. The summed E-state index contributed by atoms with van der Waals surface area (Å²) in [5.74, 6) is 0. The number of fused-ring (bicyclic) bond motifs is 2. The number of hydrogen-bond acceptors (Lipinski definition) is 3. The monoisotopic (exact) mass is 402 g/mol. The van der Waals surface area contributed by atoms with Gasteiger partial charge in [0, 0.05) is 16.0 Å². The standard InChI is InChI=1S/C23H15ClN2OS/c24-20-8-4-3-7-18(20)12-26-14-25-22-21(23(26)27)19(13-28-22)17-10-9-15-5-1-2-6-16(15)11-17/h1-11,13-14H,12H2. The van der Waals surface area contributed by atoms with Crippen molar-refractivity contribution in [3.8, 4) is 11.1 Å². The third kappa shape index (κ3) is 2.91. The molecule has 0 unspecified atom stereocenters. The summed E-state index contributed by atoms with van der Waals surface area (Å²) in [6.45, 7) is 0.397. The molecule has 3 aromatic carbocycles. The Balaban J connectivity index is 1.66. The van der Waals surface area contributed by atoms with Gasteiger partial charge in [0.05, 0.1) is 18.3 Å². The van der Waals surface area contributed by atoms with E-state index in [0.29, 0.717) is 17.0 Å². The number of aromatic nitrogens is 2. The van der Waals surface area contributed by atoms with Crippen LogP contribution in [0.1, 0.15) is 5.56 Å². The summed E-state index contributed by atoms with van der Waals surface area (Å²) in [6.07, 6.45) is 1.61. The van der Waals surface area contributed by atoms with E-state index < -0.39 is 0 Å².